The van der Waals surface area contributed by atoms with E-state index in [4.69, 9.17) is 11.6 Å². The summed E-state index contributed by atoms with van der Waals surface area (Å²) < 4.78 is 14.2. The molecule has 5 heteroatoms. The van der Waals surface area contributed by atoms with Gasteiger partial charge in [0.25, 0.3) is 0 Å². The summed E-state index contributed by atoms with van der Waals surface area (Å²) in [5.74, 6) is -0.399. The number of aromatic nitrogens is 3. The number of halogens is 2. The van der Waals surface area contributed by atoms with Crippen LogP contribution in [0.5, 0.6) is 0 Å². The molecule has 2 aromatic rings. The van der Waals surface area contributed by atoms with Crippen molar-refractivity contribution in [1.29, 1.82) is 0 Å². The molecule has 0 saturated heterocycles. The van der Waals surface area contributed by atoms with Gasteiger partial charge in [-0.15, -0.1) is 0 Å². The van der Waals surface area contributed by atoms with Crippen LogP contribution in [0, 0.1) is 5.82 Å². The van der Waals surface area contributed by atoms with Crippen molar-refractivity contribution < 1.29 is 4.39 Å². The van der Waals surface area contributed by atoms with Crippen LogP contribution < -0.4 is 0 Å². The van der Waals surface area contributed by atoms with Gasteiger partial charge in [0.1, 0.15) is 5.82 Å². The standard InChI is InChI=1S/C8H5ClFN3/c9-8-1-2-13(12-8)7-3-6(10)4-11-5-7/h1-5H. The smallest absolute Gasteiger partial charge is 0.151 e. The zero-order chi connectivity index (χ0) is 9.26. The number of hydrogen-bond donors (Lipinski definition) is 0. The summed E-state index contributed by atoms with van der Waals surface area (Å²) in [4.78, 5) is 3.69. The van der Waals surface area contributed by atoms with Gasteiger partial charge in [-0.1, -0.05) is 11.6 Å². The van der Waals surface area contributed by atoms with Crippen LogP contribution in [0.4, 0.5) is 4.39 Å². The van der Waals surface area contributed by atoms with Gasteiger partial charge in [0, 0.05) is 12.3 Å². The van der Waals surface area contributed by atoms with Gasteiger partial charge >= 0.3 is 0 Å². The van der Waals surface area contributed by atoms with E-state index in [2.05, 4.69) is 10.1 Å². The Balaban J connectivity index is 2.46. The fraction of sp³-hybridized carbons (Fsp3) is 0. The normalized spacial score (nSPS) is 10.3. The first-order chi connectivity index (χ1) is 6.25. The summed E-state index contributed by atoms with van der Waals surface area (Å²) in [7, 11) is 0. The first kappa shape index (κ1) is 8.19. The summed E-state index contributed by atoms with van der Waals surface area (Å²) in [5.41, 5.74) is 0.548. The van der Waals surface area contributed by atoms with Crippen LogP contribution in [0.3, 0.4) is 0 Å². The molecular formula is C8H5ClFN3. The van der Waals surface area contributed by atoms with Gasteiger partial charge in [-0.25, -0.2) is 9.07 Å². The average Bonchev–Trinajstić information content (AvgIpc) is 2.52. The Morgan fingerprint density at radius 1 is 1.38 bits per heavy atom. The highest BCUT2D eigenvalue weighted by Gasteiger charge is 2.00. The fourth-order valence-electron chi connectivity index (χ4n) is 0.971. The van der Waals surface area contributed by atoms with Gasteiger partial charge in [0.05, 0.1) is 18.1 Å². The molecule has 0 atom stereocenters. The minimum Gasteiger partial charge on any atom is -0.259 e. The molecule has 2 heterocycles. The first-order valence-electron chi connectivity index (χ1n) is 3.58. The van der Waals surface area contributed by atoms with E-state index < -0.39 is 5.82 Å². The molecule has 0 aliphatic rings. The van der Waals surface area contributed by atoms with Crippen molar-refractivity contribution in [3.05, 3.63) is 41.7 Å². The maximum absolute atomic E-state index is 12.7. The zero-order valence-corrected chi connectivity index (χ0v) is 7.24. The summed E-state index contributed by atoms with van der Waals surface area (Å²) in [5, 5.41) is 4.26. The van der Waals surface area contributed by atoms with Gasteiger partial charge in [-0.2, -0.15) is 5.10 Å². The summed E-state index contributed by atoms with van der Waals surface area (Å²) >= 11 is 5.60. The van der Waals surface area contributed by atoms with Gasteiger partial charge < -0.3 is 0 Å². The second-order valence-corrected chi connectivity index (χ2v) is 2.83. The fourth-order valence-corrected chi connectivity index (χ4v) is 1.11. The van der Waals surface area contributed by atoms with Crippen LogP contribution in [0.2, 0.25) is 5.15 Å². The third-order valence-electron chi connectivity index (χ3n) is 1.51. The molecule has 0 aliphatic carbocycles. The summed E-state index contributed by atoms with van der Waals surface area (Å²) in [6.45, 7) is 0. The van der Waals surface area contributed by atoms with Crippen LogP contribution in [0.1, 0.15) is 0 Å². The molecule has 2 aromatic heterocycles. The van der Waals surface area contributed by atoms with E-state index in [1.54, 1.807) is 12.3 Å². The number of rotatable bonds is 1. The van der Waals surface area contributed by atoms with Crippen LogP contribution in [0.25, 0.3) is 5.69 Å². The maximum Gasteiger partial charge on any atom is 0.151 e. The molecule has 0 aromatic carbocycles. The molecule has 0 spiro atoms. The minimum atomic E-state index is -0.399. The quantitative estimate of drug-likeness (QED) is 0.701. The predicted molar refractivity (Wildman–Crippen MR) is 46.3 cm³/mol. The number of nitrogens with zero attached hydrogens (tertiary/aromatic N) is 3. The lowest BCUT2D eigenvalue weighted by atomic mass is 10.4. The molecule has 13 heavy (non-hydrogen) atoms. The van der Waals surface area contributed by atoms with Crippen molar-refractivity contribution in [3.8, 4) is 5.69 Å². The molecule has 0 aliphatic heterocycles. The van der Waals surface area contributed by atoms with Crippen LogP contribution in [-0.2, 0) is 0 Å². The van der Waals surface area contributed by atoms with Gasteiger partial charge in [0.2, 0.25) is 0 Å². The molecule has 0 radical (unpaired) electrons. The Labute approximate surface area is 78.8 Å². The van der Waals surface area contributed by atoms with E-state index in [-0.39, 0.29) is 0 Å². The zero-order valence-electron chi connectivity index (χ0n) is 6.48. The Morgan fingerprint density at radius 3 is 2.85 bits per heavy atom. The van der Waals surface area contributed by atoms with Crippen molar-refractivity contribution in [3.63, 3.8) is 0 Å². The molecule has 66 valence electrons. The van der Waals surface area contributed by atoms with Crippen molar-refractivity contribution in [2.45, 2.75) is 0 Å². The Kier molecular flexibility index (Phi) is 1.98. The SMILES string of the molecule is Fc1cncc(-n2ccc(Cl)n2)c1. The van der Waals surface area contributed by atoms with Gasteiger partial charge in [-0.05, 0) is 6.07 Å². The van der Waals surface area contributed by atoms with Crippen LogP contribution in [0.15, 0.2) is 30.7 Å². The maximum atomic E-state index is 12.7. The van der Waals surface area contributed by atoms with E-state index in [1.165, 1.54) is 16.9 Å². The van der Waals surface area contributed by atoms with E-state index in [1.807, 2.05) is 0 Å². The Bertz CT molecular complexity index is 427. The van der Waals surface area contributed by atoms with Crippen molar-refractivity contribution in [2.24, 2.45) is 0 Å². The van der Waals surface area contributed by atoms with Crippen LogP contribution >= 0.6 is 11.6 Å². The first-order valence-corrected chi connectivity index (χ1v) is 3.95. The average molecular weight is 198 g/mol. The molecule has 2 rings (SSSR count). The predicted octanol–water partition coefficient (Wildman–Crippen LogP) is 2.06. The monoisotopic (exact) mass is 197 g/mol. The molecular weight excluding hydrogens is 193 g/mol. The lowest BCUT2D eigenvalue weighted by Gasteiger charge is -1.98. The second kappa shape index (κ2) is 3.14. The summed E-state index contributed by atoms with van der Waals surface area (Å²) in [6, 6.07) is 2.95. The molecule has 0 N–H and O–H groups in total. The third-order valence-corrected chi connectivity index (χ3v) is 1.71. The topological polar surface area (TPSA) is 30.7 Å². The highest BCUT2D eigenvalue weighted by molar-refractivity contribution is 6.29. The molecule has 0 amide bonds. The largest absolute Gasteiger partial charge is 0.259 e. The minimum absolute atomic E-state index is 0.365. The van der Waals surface area contributed by atoms with E-state index in [0.29, 0.717) is 10.8 Å². The van der Waals surface area contributed by atoms with Crippen molar-refractivity contribution in [2.75, 3.05) is 0 Å². The second-order valence-electron chi connectivity index (χ2n) is 2.44. The summed E-state index contributed by atoms with van der Waals surface area (Å²) in [6.07, 6.45) is 4.28. The number of hydrogen-bond acceptors (Lipinski definition) is 2. The van der Waals surface area contributed by atoms with Crippen molar-refractivity contribution in [1.82, 2.24) is 14.8 Å². The van der Waals surface area contributed by atoms with E-state index in [9.17, 15) is 4.39 Å². The highest BCUT2D eigenvalue weighted by Crippen LogP contribution is 2.09. The molecule has 0 unspecified atom stereocenters. The Morgan fingerprint density at radius 2 is 2.23 bits per heavy atom. The van der Waals surface area contributed by atoms with Crippen LogP contribution in [-0.4, -0.2) is 14.8 Å². The molecule has 0 saturated carbocycles. The van der Waals surface area contributed by atoms with Crippen molar-refractivity contribution >= 4 is 11.6 Å². The lowest BCUT2D eigenvalue weighted by molar-refractivity contribution is 0.618. The Hall–Kier alpha value is -1.42. The highest BCUT2D eigenvalue weighted by atomic mass is 35.5. The van der Waals surface area contributed by atoms with Gasteiger partial charge in [0.15, 0.2) is 5.15 Å². The lowest BCUT2D eigenvalue weighted by Crippen LogP contribution is -1.95. The molecule has 0 bridgehead atoms. The van der Waals surface area contributed by atoms with E-state index in [0.717, 1.165) is 6.20 Å². The third kappa shape index (κ3) is 1.67. The molecule has 3 nitrogen and oxygen atoms in total. The van der Waals surface area contributed by atoms with Gasteiger partial charge in [-0.3, -0.25) is 4.98 Å². The van der Waals surface area contributed by atoms with E-state index >= 15 is 0 Å². The number of pyridine rings is 1. The molecule has 0 fully saturated rings.